The van der Waals surface area contributed by atoms with Crippen molar-refractivity contribution in [1.29, 1.82) is 0 Å². The van der Waals surface area contributed by atoms with Gasteiger partial charge in [-0.25, -0.2) is 4.79 Å². The quantitative estimate of drug-likeness (QED) is 0.539. The van der Waals surface area contributed by atoms with Crippen LogP contribution in [0, 0.1) is 11.8 Å². The zero-order chi connectivity index (χ0) is 15.1. The van der Waals surface area contributed by atoms with Crippen LogP contribution >= 0.6 is 0 Å². The SMILES string of the molecule is CCOC(=O)C1=CC[C@@H](C(=O)OCC)[C@@H]1C(=O)OCC. The molecule has 1 aliphatic carbocycles. The topological polar surface area (TPSA) is 78.9 Å². The van der Waals surface area contributed by atoms with Gasteiger partial charge in [0.15, 0.2) is 0 Å². The van der Waals surface area contributed by atoms with Crippen molar-refractivity contribution in [3.8, 4) is 0 Å². The summed E-state index contributed by atoms with van der Waals surface area (Å²) >= 11 is 0. The van der Waals surface area contributed by atoms with Crippen molar-refractivity contribution in [2.24, 2.45) is 11.8 Å². The van der Waals surface area contributed by atoms with E-state index in [4.69, 9.17) is 14.2 Å². The van der Waals surface area contributed by atoms with Crippen molar-refractivity contribution in [2.75, 3.05) is 19.8 Å². The van der Waals surface area contributed by atoms with Gasteiger partial charge in [0.1, 0.15) is 5.92 Å². The van der Waals surface area contributed by atoms with Crippen LogP contribution in [0.3, 0.4) is 0 Å². The maximum atomic E-state index is 12.0. The van der Waals surface area contributed by atoms with Gasteiger partial charge in [-0.2, -0.15) is 0 Å². The molecule has 6 nitrogen and oxygen atoms in total. The number of esters is 3. The Balaban J connectivity index is 2.93. The summed E-state index contributed by atoms with van der Waals surface area (Å²) in [4.78, 5) is 35.7. The molecule has 0 aliphatic heterocycles. The summed E-state index contributed by atoms with van der Waals surface area (Å²) in [5.41, 5.74) is 0.184. The zero-order valence-electron chi connectivity index (χ0n) is 12.0. The van der Waals surface area contributed by atoms with Crippen LogP contribution in [0.5, 0.6) is 0 Å². The molecule has 0 radical (unpaired) electrons. The molecule has 1 rings (SSSR count). The van der Waals surface area contributed by atoms with Crippen molar-refractivity contribution in [3.63, 3.8) is 0 Å². The average molecular weight is 284 g/mol. The smallest absolute Gasteiger partial charge is 0.334 e. The summed E-state index contributed by atoms with van der Waals surface area (Å²) in [5, 5.41) is 0. The molecule has 0 aromatic rings. The Hall–Kier alpha value is -1.85. The van der Waals surface area contributed by atoms with Gasteiger partial charge < -0.3 is 14.2 Å². The molecule has 0 bridgehead atoms. The fourth-order valence-corrected chi connectivity index (χ4v) is 2.16. The normalized spacial score (nSPS) is 21.1. The van der Waals surface area contributed by atoms with E-state index in [-0.39, 0.29) is 31.8 Å². The van der Waals surface area contributed by atoms with E-state index in [1.807, 2.05) is 0 Å². The number of carbonyl (C=O) groups excluding carboxylic acids is 3. The molecular formula is C14H20O6. The molecule has 0 amide bonds. The third-order valence-corrected chi connectivity index (χ3v) is 2.97. The lowest BCUT2D eigenvalue weighted by atomic mass is 9.91. The second-order valence-electron chi connectivity index (χ2n) is 4.20. The van der Waals surface area contributed by atoms with E-state index in [1.165, 1.54) is 0 Å². The number of allylic oxidation sites excluding steroid dienone is 1. The molecule has 2 atom stereocenters. The molecule has 0 heterocycles. The molecular weight excluding hydrogens is 264 g/mol. The Kier molecular flexibility index (Phi) is 6.21. The van der Waals surface area contributed by atoms with Gasteiger partial charge in [0.2, 0.25) is 0 Å². The van der Waals surface area contributed by atoms with E-state index in [0.29, 0.717) is 0 Å². The Labute approximate surface area is 118 Å². The number of hydrogen-bond donors (Lipinski definition) is 0. The first-order valence-electron chi connectivity index (χ1n) is 6.77. The fourth-order valence-electron chi connectivity index (χ4n) is 2.16. The zero-order valence-corrected chi connectivity index (χ0v) is 12.0. The van der Waals surface area contributed by atoms with Crippen molar-refractivity contribution in [1.82, 2.24) is 0 Å². The highest BCUT2D eigenvalue weighted by Gasteiger charge is 2.44. The summed E-state index contributed by atoms with van der Waals surface area (Å²) in [6.07, 6.45) is 1.83. The van der Waals surface area contributed by atoms with Crippen molar-refractivity contribution >= 4 is 17.9 Å². The van der Waals surface area contributed by atoms with Gasteiger partial charge in [-0.1, -0.05) is 6.08 Å². The van der Waals surface area contributed by atoms with Crippen LogP contribution in [0.1, 0.15) is 27.2 Å². The number of carbonyl (C=O) groups is 3. The number of rotatable bonds is 6. The lowest BCUT2D eigenvalue weighted by molar-refractivity contribution is -0.159. The van der Waals surface area contributed by atoms with Crippen molar-refractivity contribution in [3.05, 3.63) is 11.6 Å². The molecule has 1 aliphatic rings. The first kappa shape index (κ1) is 16.2. The molecule has 0 N–H and O–H groups in total. The minimum atomic E-state index is -0.937. The van der Waals surface area contributed by atoms with Gasteiger partial charge in [-0.05, 0) is 27.2 Å². The second-order valence-corrected chi connectivity index (χ2v) is 4.20. The van der Waals surface area contributed by atoms with Crippen LogP contribution in [0.2, 0.25) is 0 Å². The highest BCUT2D eigenvalue weighted by Crippen LogP contribution is 2.34. The summed E-state index contributed by atoms with van der Waals surface area (Å²) in [7, 11) is 0. The third-order valence-electron chi connectivity index (χ3n) is 2.97. The largest absolute Gasteiger partial charge is 0.466 e. The Morgan fingerprint density at radius 2 is 1.55 bits per heavy atom. The molecule has 0 aromatic heterocycles. The van der Waals surface area contributed by atoms with E-state index >= 15 is 0 Å². The standard InChI is InChI=1S/C14H20O6/c1-4-18-12(15)9-7-8-10(13(16)19-5-2)11(9)14(17)20-6-3/h7,10-11H,4-6,8H2,1-3H3/t10-,11-/m1/s1. The van der Waals surface area contributed by atoms with Crippen LogP contribution in [-0.4, -0.2) is 37.7 Å². The molecule has 20 heavy (non-hydrogen) atoms. The molecule has 6 heteroatoms. The van der Waals surface area contributed by atoms with Gasteiger partial charge in [-0.15, -0.1) is 0 Å². The first-order valence-corrected chi connectivity index (χ1v) is 6.77. The Morgan fingerprint density at radius 3 is 2.10 bits per heavy atom. The van der Waals surface area contributed by atoms with Crippen LogP contribution < -0.4 is 0 Å². The average Bonchev–Trinajstić information content (AvgIpc) is 2.84. The predicted octanol–water partition coefficient (Wildman–Crippen LogP) is 1.24. The monoisotopic (exact) mass is 284 g/mol. The van der Waals surface area contributed by atoms with Crippen LogP contribution in [0.4, 0.5) is 0 Å². The molecule has 0 saturated carbocycles. The van der Waals surface area contributed by atoms with Gasteiger partial charge in [-0.3, -0.25) is 9.59 Å². The Morgan fingerprint density at radius 1 is 1.00 bits per heavy atom. The van der Waals surface area contributed by atoms with Crippen LogP contribution in [0.25, 0.3) is 0 Å². The highest BCUT2D eigenvalue weighted by atomic mass is 16.5. The molecule has 0 unspecified atom stereocenters. The second kappa shape index (κ2) is 7.67. The summed E-state index contributed by atoms with van der Waals surface area (Å²) in [6, 6.07) is 0. The minimum absolute atomic E-state index is 0.182. The van der Waals surface area contributed by atoms with E-state index in [1.54, 1.807) is 26.8 Å². The van der Waals surface area contributed by atoms with Gasteiger partial charge >= 0.3 is 17.9 Å². The summed E-state index contributed by atoms with van der Waals surface area (Å²) in [5.74, 6) is -3.33. The maximum absolute atomic E-state index is 12.0. The van der Waals surface area contributed by atoms with Gasteiger partial charge in [0.05, 0.1) is 25.7 Å². The van der Waals surface area contributed by atoms with Crippen LogP contribution in [0.15, 0.2) is 11.6 Å². The highest BCUT2D eigenvalue weighted by molar-refractivity contribution is 5.99. The molecule has 0 fully saturated rings. The van der Waals surface area contributed by atoms with E-state index < -0.39 is 29.7 Å². The maximum Gasteiger partial charge on any atom is 0.334 e. The summed E-state index contributed by atoms with van der Waals surface area (Å²) < 4.78 is 14.8. The Bertz CT molecular complexity index is 412. The van der Waals surface area contributed by atoms with E-state index in [2.05, 4.69) is 0 Å². The first-order chi connectivity index (χ1) is 9.56. The van der Waals surface area contributed by atoms with Gasteiger partial charge in [0.25, 0.3) is 0 Å². The molecule has 112 valence electrons. The lowest BCUT2D eigenvalue weighted by Gasteiger charge is -2.19. The molecule has 0 spiro atoms. The van der Waals surface area contributed by atoms with Gasteiger partial charge in [0, 0.05) is 5.57 Å². The van der Waals surface area contributed by atoms with E-state index in [0.717, 1.165) is 0 Å². The number of ether oxygens (including phenoxy) is 3. The molecule has 0 saturated heterocycles. The van der Waals surface area contributed by atoms with Crippen molar-refractivity contribution in [2.45, 2.75) is 27.2 Å². The van der Waals surface area contributed by atoms with E-state index in [9.17, 15) is 14.4 Å². The fraction of sp³-hybridized carbons (Fsp3) is 0.643. The van der Waals surface area contributed by atoms with Crippen LogP contribution in [-0.2, 0) is 28.6 Å². The van der Waals surface area contributed by atoms with Crippen molar-refractivity contribution < 1.29 is 28.6 Å². The predicted molar refractivity (Wildman–Crippen MR) is 69.6 cm³/mol. The lowest BCUT2D eigenvalue weighted by Crippen LogP contribution is -2.33. The third kappa shape index (κ3) is 3.59. The number of hydrogen-bond acceptors (Lipinski definition) is 6. The minimum Gasteiger partial charge on any atom is -0.466 e. The summed E-state index contributed by atoms with van der Waals surface area (Å²) in [6.45, 7) is 5.64. The molecule has 0 aromatic carbocycles.